The number of anilines is 1. The molecule has 0 amide bonds. The molecule has 0 fully saturated rings. The van der Waals surface area contributed by atoms with Gasteiger partial charge in [-0.15, -0.1) is 0 Å². The minimum absolute atomic E-state index is 0.183. The lowest BCUT2D eigenvalue weighted by molar-refractivity contribution is -0.192. The van der Waals surface area contributed by atoms with Crippen LogP contribution in [0, 0.1) is 0 Å². The SMILES string of the molecule is CCN(CCC(=O)O)c1ccccc1.O=C(O)C(F)(F)F. The van der Waals surface area contributed by atoms with Crippen LogP contribution in [0.25, 0.3) is 0 Å². The molecule has 0 aliphatic heterocycles. The molecule has 1 aromatic rings. The second-order valence-corrected chi connectivity index (χ2v) is 3.86. The maximum Gasteiger partial charge on any atom is 0.490 e. The summed E-state index contributed by atoms with van der Waals surface area (Å²) in [4.78, 5) is 21.4. The summed E-state index contributed by atoms with van der Waals surface area (Å²) < 4.78 is 31.7. The van der Waals surface area contributed by atoms with Crippen LogP contribution in [0.1, 0.15) is 13.3 Å². The third kappa shape index (κ3) is 8.51. The molecule has 21 heavy (non-hydrogen) atoms. The van der Waals surface area contributed by atoms with Crippen molar-refractivity contribution in [1.29, 1.82) is 0 Å². The topological polar surface area (TPSA) is 77.8 Å². The molecule has 0 heterocycles. The van der Waals surface area contributed by atoms with Crippen molar-refractivity contribution in [1.82, 2.24) is 0 Å². The van der Waals surface area contributed by atoms with E-state index in [9.17, 15) is 18.0 Å². The van der Waals surface area contributed by atoms with Crippen molar-refractivity contribution in [3.8, 4) is 0 Å². The number of carboxylic acid groups (broad SMARTS) is 2. The summed E-state index contributed by atoms with van der Waals surface area (Å²) in [5, 5.41) is 15.7. The molecule has 0 spiro atoms. The van der Waals surface area contributed by atoms with Gasteiger partial charge in [0.05, 0.1) is 6.42 Å². The lowest BCUT2D eigenvalue weighted by Gasteiger charge is -2.21. The predicted molar refractivity (Wildman–Crippen MR) is 70.3 cm³/mol. The van der Waals surface area contributed by atoms with Gasteiger partial charge in [-0.3, -0.25) is 4.79 Å². The van der Waals surface area contributed by atoms with Gasteiger partial charge in [-0.1, -0.05) is 18.2 Å². The minimum Gasteiger partial charge on any atom is -0.481 e. The highest BCUT2D eigenvalue weighted by molar-refractivity contribution is 5.73. The zero-order chi connectivity index (χ0) is 16.5. The van der Waals surface area contributed by atoms with Crippen LogP contribution >= 0.6 is 0 Å². The van der Waals surface area contributed by atoms with Gasteiger partial charge in [-0.25, -0.2) is 4.79 Å². The predicted octanol–water partition coefficient (Wildman–Crippen LogP) is 2.62. The van der Waals surface area contributed by atoms with Gasteiger partial charge in [0, 0.05) is 18.8 Å². The number of hydrogen-bond acceptors (Lipinski definition) is 3. The zero-order valence-electron chi connectivity index (χ0n) is 11.3. The first kappa shape index (κ1) is 18.8. The Morgan fingerprint density at radius 1 is 1.14 bits per heavy atom. The largest absolute Gasteiger partial charge is 0.490 e. The third-order valence-corrected chi connectivity index (χ3v) is 2.34. The van der Waals surface area contributed by atoms with Crippen LogP contribution in [0.4, 0.5) is 18.9 Å². The summed E-state index contributed by atoms with van der Waals surface area (Å²) in [7, 11) is 0. The first-order valence-corrected chi connectivity index (χ1v) is 6.00. The van der Waals surface area contributed by atoms with E-state index in [2.05, 4.69) is 0 Å². The minimum atomic E-state index is -5.08. The van der Waals surface area contributed by atoms with Crippen molar-refractivity contribution in [3.05, 3.63) is 30.3 Å². The van der Waals surface area contributed by atoms with Crippen LogP contribution in [-0.4, -0.2) is 41.4 Å². The van der Waals surface area contributed by atoms with Crippen molar-refractivity contribution in [2.45, 2.75) is 19.5 Å². The molecule has 0 unspecified atom stereocenters. The Kier molecular flexibility index (Phi) is 7.88. The number of para-hydroxylation sites is 1. The van der Waals surface area contributed by atoms with Gasteiger partial charge in [0.1, 0.15) is 0 Å². The van der Waals surface area contributed by atoms with Gasteiger partial charge in [0.2, 0.25) is 0 Å². The Labute approximate surface area is 119 Å². The van der Waals surface area contributed by atoms with Gasteiger partial charge in [-0.05, 0) is 19.1 Å². The van der Waals surface area contributed by atoms with Gasteiger partial charge in [0.25, 0.3) is 0 Å². The number of hydrogen-bond donors (Lipinski definition) is 2. The van der Waals surface area contributed by atoms with Crippen LogP contribution in [0.15, 0.2) is 30.3 Å². The van der Waals surface area contributed by atoms with Gasteiger partial charge >= 0.3 is 18.1 Å². The van der Waals surface area contributed by atoms with Crippen molar-refractivity contribution in [2.24, 2.45) is 0 Å². The number of carboxylic acids is 2. The lowest BCUT2D eigenvalue weighted by atomic mass is 10.2. The van der Waals surface area contributed by atoms with E-state index in [1.54, 1.807) is 0 Å². The summed E-state index contributed by atoms with van der Waals surface area (Å²) in [6.07, 6.45) is -4.90. The van der Waals surface area contributed by atoms with E-state index in [0.29, 0.717) is 6.54 Å². The molecule has 0 saturated carbocycles. The Bertz CT molecular complexity index is 448. The fourth-order valence-corrected chi connectivity index (χ4v) is 1.34. The second-order valence-electron chi connectivity index (χ2n) is 3.86. The van der Waals surface area contributed by atoms with Crippen LogP contribution in [0.5, 0.6) is 0 Å². The summed E-state index contributed by atoms with van der Waals surface area (Å²) in [5.41, 5.74) is 1.08. The summed E-state index contributed by atoms with van der Waals surface area (Å²) >= 11 is 0. The summed E-state index contributed by atoms with van der Waals surface area (Å²) in [6, 6.07) is 9.85. The Hall–Kier alpha value is -2.25. The highest BCUT2D eigenvalue weighted by Gasteiger charge is 2.38. The highest BCUT2D eigenvalue weighted by Crippen LogP contribution is 2.13. The van der Waals surface area contributed by atoms with Crippen LogP contribution in [-0.2, 0) is 9.59 Å². The number of nitrogens with zero attached hydrogens (tertiary/aromatic N) is 1. The third-order valence-electron chi connectivity index (χ3n) is 2.34. The number of carbonyl (C=O) groups is 2. The maximum absolute atomic E-state index is 10.6. The number of alkyl halides is 3. The quantitative estimate of drug-likeness (QED) is 0.874. The van der Waals surface area contributed by atoms with E-state index in [-0.39, 0.29) is 6.42 Å². The Morgan fingerprint density at radius 3 is 1.95 bits per heavy atom. The highest BCUT2D eigenvalue weighted by atomic mass is 19.4. The molecule has 0 aliphatic carbocycles. The smallest absolute Gasteiger partial charge is 0.481 e. The van der Waals surface area contributed by atoms with Gasteiger partial charge in [-0.2, -0.15) is 13.2 Å². The molecule has 1 aromatic carbocycles. The Morgan fingerprint density at radius 2 is 1.62 bits per heavy atom. The zero-order valence-corrected chi connectivity index (χ0v) is 11.3. The van der Waals surface area contributed by atoms with Gasteiger partial charge in [0.15, 0.2) is 0 Å². The number of aliphatic carboxylic acids is 2. The number of rotatable bonds is 5. The molecule has 118 valence electrons. The van der Waals surface area contributed by atoms with E-state index in [1.807, 2.05) is 42.2 Å². The molecule has 2 N–H and O–H groups in total. The van der Waals surface area contributed by atoms with E-state index >= 15 is 0 Å². The monoisotopic (exact) mass is 307 g/mol. The van der Waals surface area contributed by atoms with Crippen molar-refractivity contribution in [3.63, 3.8) is 0 Å². The molecule has 8 heteroatoms. The standard InChI is InChI=1S/C11H15NO2.C2HF3O2/c1-2-12(9-8-11(13)14)10-6-4-3-5-7-10;3-2(4,5)1(6)7/h3-7H,2,8-9H2,1H3,(H,13,14);(H,6,7). The molecule has 5 nitrogen and oxygen atoms in total. The molecule has 0 aromatic heterocycles. The number of benzene rings is 1. The van der Waals surface area contributed by atoms with Gasteiger partial charge < -0.3 is 15.1 Å². The molecule has 1 rings (SSSR count). The van der Waals surface area contributed by atoms with Crippen LogP contribution in [0.3, 0.4) is 0 Å². The van der Waals surface area contributed by atoms with E-state index in [1.165, 1.54) is 0 Å². The van der Waals surface area contributed by atoms with Crippen molar-refractivity contribution >= 4 is 17.6 Å². The first-order valence-electron chi connectivity index (χ1n) is 6.00. The molecular weight excluding hydrogens is 291 g/mol. The van der Waals surface area contributed by atoms with Crippen LogP contribution in [0.2, 0.25) is 0 Å². The first-order chi connectivity index (χ1) is 9.68. The Balaban J connectivity index is 0.000000486. The van der Waals surface area contributed by atoms with Crippen molar-refractivity contribution in [2.75, 3.05) is 18.0 Å². The van der Waals surface area contributed by atoms with E-state index < -0.39 is 18.1 Å². The fraction of sp³-hybridized carbons (Fsp3) is 0.385. The molecule has 0 radical (unpaired) electrons. The lowest BCUT2D eigenvalue weighted by Crippen LogP contribution is -2.25. The molecule has 0 aliphatic rings. The second kappa shape index (κ2) is 8.83. The fourth-order valence-electron chi connectivity index (χ4n) is 1.34. The van der Waals surface area contributed by atoms with Crippen LogP contribution < -0.4 is 4.90 Å². The summed E-state index contributed by atoms with van der Waals surface area (Å²) in [6.45, 7) is 3.42. The molecule has 0 saturated heterocycles. The molecule has 0 atom stereocenters. The number of halogens is 3. The molecular formula is C13H16F3NO4. The summed E-state index contributed by atoms with van der Waals surface area (Å²) in [5.74, 6) is -3.51. The van der Waals surface area contributed by atoms with E-state index in [4.69, 9.17) is 15.0 Å². The normalized spacial score (nSPS) is 10.3. The maximum atomic E-state index is 10.6. The van der Waals surface area contributed by atoms with Crippen molar-refractivity contribution < 1.29 is 33.0 Å². The molecule has 0 bridgehead atoms. The average molecular weight is 307 g/mol. The average Bonchev–Trinajstić information content (AvgIpc) is 2.40. The van der Waals surface area contributed by atoms with E-state index in [0.717, 1.165) is 12.2 Å².